The van der Waals surface area contributed by atoms with Crippen molar-refractivity contribution >= 4 is 35.1 Å². The van der Waals surface area contributed by atoms with Gasteiger partial charge in [0.15, 0.2) is 16.7 Å². The zero-order valence-corrected chi connectivity index (χ0v) is 25.1. The fourth-order valence-corrected chi connectivity index (χ4v) is 5.09. The van der Waals surface area contributed by atoms with E-state index in [-0.39, 0.29) is 12.5 Å². The number of ether oxygens (including phenoxy) is 3. The normalized spacial score (nSPS) is 15.3. The van der Waals surface area contributed by atoms with E-state index < -0.39 is 0 Å². The molecule has 2 heterocycles. The van der Waals surface area contributed by atoms with Gasteiger partial charge in [-0.15, -0.1) is 5.10 Å². The van der Waals surface area contributed by atoms with Gasteiger partial charge in [0.1, 0.15) is 18.1 Å². The van der Waals surface area contributed by atoms with Crippen molar-refractivity contribution in [1.82, 2.24) is 4.90 Å². The van der Waals surface area contributed by atoms with Crippen molar-refractivity contribution in [2.75, 3.05) is 13.7 Å². The van der Waals surface area contributed by atoms with Crippen LogP contribution in [-0.4, -0.2) is 35.9 Å². The Hall–Kier alpha value is -4.76. The molecule has 0 N–H and O–H groups in total. The number of benzene rings is 3. The maximum absolute atomic E-state index is 13.5. The number of rotatable bonds is 12. The Morgan fingerprint density at radius 1 is 0.930 bits per heavy atom. The lowest BCUT2D eigenvalue weighted by atomic mass is 10.2. The molecule has 3 aromatic carbocycles. The van der Waals surface area contributed by atoms with E-state index in [1.807, 2.05) is 84.9 Å². The van der Waals surface area contributed by atoms with Crippen molar-refractivity contribution in [3.63, 3.8) is 0 Å². The summed E-state index contributed by atoms with van der Waals surface area (Å²) in [4.78, 5) is 15.6. The van der Waals surface area contributed by atoms with Gasteiger partial charge >= 0.3 is 0 Å². The van der Waals surface area contributed by atoms with Crippen LogP contribution in [0.15, 0.2) is 111 Å². The van der Waals surface area contributed by atoms with Crippen LogP contribution in [0.3, 0.4) is 0 Å². The maximum atomic E-state index is 13.5. The van der Waals surface area contributed by atoms with Crippen molar-refractivity contribution in [2.45, 2.75) is 27.0 Å². The average Bonchev–Trinajstić information content (AvgIpc) is 3.64. The third-order valence-electron chi connectivity index (χ3n) is 6.30. The van der Waals surface area contributed by atoms with E-state index in [1.54, 1.807) is 30.6 Å². The maximum Gasteiger partial charge on any atom is 0.267 e. The van der Waals surface area contributed by atoms with Crippen LogP contribution in [0.2, 0.25) is 0 Å². The molecule has 0 spiro atoms. The summed E-state index contributed by atoms with van der Waals surface area (Å²) in [5.41, 5.74) is 2.71. The standard InChI is InChI=1S/C34H33N3O5S/c1-24(2)22-42-30-15-14-27(18-31(30)39-3)20-35-36-34-37(21-29-13-8-16-40-29)33(38)32(43-34)19-26-11-7-12-28(17-26)41-23-25-9-5-4-6-10-25/h4-20,24H,21-23H2,1-3H3/b32-19-,35-20+,36-34-. The van der Waals surface area contributed by atoms with Crippen molar-refractivity contribution < 1.29 is 23.4 Å². The number of furan rings is 1. The summed E-state index contributed by atoms with van der Waals surface area (Å²) in [6, 6.07) is 26.8. The van der Waals surface area contributed by atoms with E-state index >= 15 is 0 Å². The largest absolute Gasteiger partial charge is 0.493 e. The molecule has 220 valence electrons. The quantitative estimate of drug-likeness (QED) is 0.0963. The van der Waals surface area contributed by atoms with Crippen molar-refractivity contribution in [2.24, 2.45) is 16.1 Å². The first-order valence-corrected chi connectivity index (χ1v) is 14.7. The van der Waals surface area contributed by atoms with Crippen molar-refractivity contribution in [1.29, 1.82) is 0 Å². The molecule has 43 heavy (non-hydrogen) atoms. The summed E-state index contributed by atoms with van der Waals surface area (Å²) in [7, 11) is 1.60. The Bertz CT molecular complexity index is 1610. The number of hydrogen-bond acceptors (Lipinski definition) is 8. The number of nitrogens with zero attached hydrogens (tertiary/aromatic N) is 3. The highest BCUT2D eigenvalue weighted by molar-refractivity contribution is 8.18. The lowest BCUT2D eigenvalue weighted by Crippen LogP contribution is -2.28. The molecule has 1 aliphatic rings. The second kappa shape index (κ2) is 14.4. The van der Waals surface area contributed by atoms with Gasteiger partial charge in [0.2, 0.25) is 0 Å². The van der Waals surface area contributed by atoms with Crippen LogP contribution in [0.1, 0.15) is 36.3 Å². The first-order valence-electron chi connectivity index (χ1n) is 13.9. The first-order chi connectivity index (χ1) is 21.0. The summed E-state index contributed by atoms with van der Waals surface area (Å²) < 4.78 is 22.8. The van der Waals surface area contributed by atoms with Crippen LogP contribution < -0.4 is 14.2 Å². The van der Waals surface area contributed by atoms with E-state index in [2.05, 4.69) is 24.1 Å². The fourth-order valence-electron chi connectivity index (χ4n) is 4.15. The number of hydrogen-bond donors (Lipinski definition) is 0. The van der Waals surface area contributed by atoms with Crippen LogP contribution in [0.4, 0.5) is 0 Å². The predicted octanol–water partition coefficient (Wildman–Crippen LogP) is 7.41. The number of thioether (sulfide) groups is 1. The molecule has 4 aromatic rings. The zero-order chi connectivity index (χ0) is 30.0. The Kier molecular flexibility index (Phi) is 9.97. The van der Waals surface area contributed by atoms with Gasteiger partial charge in [-0.05, 0) is 82.9 Å². The number of methoxy groups -OCH3 is 1. The highest BCUT2D eigenvalue weighted by Gasteiger charge is 2.34. The van der Waals surface area contributed by atoms with Gasteiger partial charge in [-0.2, -0.15) is 5.10 Å². The Morgan fingerprint density at radius 2 is 1.79 bits per heavy atom. The number of carbonyl (C=O) groups is 1. The van der Waals surface area contributed by atoms with Gasteiger partial charge in [-0.3, -0.25) is 9.69 Å². The minimum absolute atomic E-state index is 0.181. The van der Waals surface area contributed by atoms with E-state index in [0.29, 0.717) is 46.5 Å². The number of carbonyl (C=O) groups excluding carboxylic acids is 1. The fraction of sp³-hybridized carbons (Fsp3) is 0.206. The molecule has 1 aromatic heterocycles. The molecular weight excluding hydrogens is 562 g/mol. The molecule has 9 heteroatoms. The van der Waals surface area contributed by atoms with E-state index in [9.17, 15) is 4.79 Å². The minimum atomic E-state index is -0.181. The minimum Gasteiger partial charge on any atom is -0.493 e. The molecule has 8 nitrogen and oxygen atoms in total. The molecule has 5 rings (SSSR count). The van der Waals surface area contributed by atoms with Crippen molar-refractivity contribution in [3.8, 4) is 17.2 Å². The van der Waals surface area contributed by atoms with Crippen LogP contribution in [0.5, 0.6) is 17.2 Å². The number of amides is 1. The summed E-state index contributed by atoms with van der Waals surface area (Å²) in [6.07, 6.45) is 5.04. The zero-order valence-electron chi connectivity index (χ0n) is 24.3. The molecule has 1 fully saturated rings. The summed E-state index contributed by atoms with van der Waals surface area (Å²) in [6.45, 7) is 5.47. The second-order valence-electron chi connectivity index (χ2n) is 10.2. The smallest absolute Gasteiger partial charge is 0.267 e. The third kappa shape index (κ3) is 8.17. The highest BCUT2D eigenvalue weighted by atomic mass is 32.2. The monoisotopic (exact) mass is 595 g/mol. The Balaban J connectivity index is 1.34. The molecular formula is C34H33N3O5S. The van der Waals surface area contributed by atoms with Gasteiger partial charge in [-0.25, -0.2) is 0 Å². The summed E-state index contributed by atoms with van der Waals surface area (Å²) in [5.74, 6) is 2.86. The van der Waals surface area contributed by atoms with Gasteiger partial charge in [0, 0.05) is 0 Å². The van der Waals surface area contributed by atoms with Crippen LogP contribution in [0, 0.1) is 5.92 Å². The molecule has 0 bridgehead atoms. The third-order valence-corrected chi connectivity index (χ3v) is 7.29. The lowest BCUT2D eigenvalue weighted by molar-refractivity contribution is -0.122. The number of amidine groups is 1. The molecule has 1 saturated heterocycles. The molecule has 0 saturated carbocycles. The molecule has 0 radical (unpaired) electrons. The molecule has 0 unspecified atom stereocenters. The lowest BCUT2D eigenvalue weighted by Gasteiger charge is -2.13. The molecule has 1 aliphatic heterocycles. The van der Waals surface area contributed by atoms with Gasteiger partial charge in [0.25, 0.3) is 5.91 Å². The molecule has 0 atom stereocenters. The average molecular weight is 596 g/mol. The van der Waals surface area contributed by atoms with Crippen molar-refractivity contribution in [3.05, 3.63) is 119 Å². The molecule has 1 amide bonds. The SMILES string of the molecule is COc1cc(/C=N/N=C2\S/C(=C\c3cccc(OCc4ccccc4)c3)C(=O)N2Cc2ccco2)ccc1OCC(C)C. The summed E-state index contributed by atoms with van der Waals surface area (Å²) >= 11 is 1.26. The first kappa shape index (κ1) is 29.7. The van der Waals surface area contributed by atoms with E-state index in [0.717, 1.165) is 22.4 Å². The van der Waals surface area contributed by atoms with Crippen LogP contribution in [0.25, 0.3) is 6.08 Å². The van der Waals surface area contributed by atoms with E-state index in [4.69, 9.17) is 18.6 Å². The second-order valence-corrected chi connectivity index (χ2v) is 11.2. The predicted molar refractivity (Wildman–Crippen MR) is 170 cm³/mol. The van der Waals surface area contributed by atoms with Gasteiger partial charge in [0.05, 0.1) is 37.6 Å². The van der Waals surface area contributed by atoms with Gasteiger partial charge in [-0.1, -0.05) is 56.3 Å². The summed E-state index contributed by atoms with van der Waals surface area (Å²) in [5, 5.41) is 9.16. The Morgan fingerprint density at radius 3 is 2.56 bits per heavy atom. The highest BCUT2D eigenvalue weighted by Crippen LogP contribution is 2.34. The van der Waals surface area contributed by atoms with Gasteiger partial charge < -0.3 is 18.6 Å². The molecule has 0 aliphatic carbocycles. The topological polar surface area (TPSA) is 85.9 Å². The van der Waals surface area contributed by atoms with E-state index in [1.165, 1.54) is 11.8 Å². The Labute approximate surface area is 255 Å². The van der Waals surface area contributed by atoms with Crippen LogP contribution >= 0.6 is 11.8 Å². The van der Waals surface area contributed by atoms with Crippen LogP contribution in [-0.2, 0) is 17.9 Å².